The molecule has 140 valence electrons. The lowest BCUT2D eigenvalue weighted by Gasteiger charge is -2.40. The molecule has 0 aliphatic heterocycles. The Hall–Kier alpha value is -0.0400. The molecular formula is C11H12F11I. The van der Waals surface area contributed by atoms with Crippen LogP contribution in [0.4, 0.5) is 48.3 Å². The molecule has 2 unspecified atom stereocenters. The molecule has 12 heteroatoms. The molecule has 0 aromatic carbocycles. The van der Waals surface area contributed by atoms with Gasteiger partial charge in [-0.2, -0.15) is 43.9 Å². The number of hydrogen-bond acceptors (Lipinski definition) is 0. The van der Waals surface area contributed by atoms with Gasteiger partial charge in [-0.05, 0) is 6.42 Å². The van der Waals surface area contributed by atoms with Crippen LogP contribution in [0.1, 0.15) is 32.6 Å². The Morgan fingerprint density at radius 1 is 0.739 bits per heavy atom. The zero-order chi connectivity index (χ0) is 18.9. The predicted molar refractivity (Wildman–Crippen MR) is 67.8 cm³/mol. The van der Waals surface area contributed by atoms with Crippen LogP contribution >= 0.6 is 22.6 Å². The van der Waals surface area contributed by atoms with Crippen LogP contribution in [-0.4, -0.2) is 33.8 Å². The molecule has 0 spiro atoms. The molecule has 0 bridgehead atoms. The minimum atomic E-state index is -7.18. The van der Waals surface area contributed by atoms with Gasteiger partial charge in [0.05, 0.1) is 0 Å². The number of rotatable bonds is 7. The van der Waals surface area contributed by atoms with E-state index in [0.29, 0.717) is 6.42 Å². The minimum Gasteiger partial charge on any atom is -0.227 e. The molecule has 0 saturated heterocycles. The second-order valence-electron chi connectivity index (χ2n) is 4.89. The van der Waals surface area contributed by atoms with E-state index in [9.17, 15) is 48.3 Å². The van der Waals surface area contributed by atoms with Crippen molar-refractivity contribution in [2.24, 2.45) is 0 Å². The largest absolute Gasteiger partial charge is 0.460 e. The SMILES string of the molecule is CCCCC(I)CC(F)(C(F)(F)F)C(F)(F)C(F)(F)C(F)(F)F. The Labute approximate surface area is 137 Å². The van der Waals surface area contributed by atoms with Gasteiger partial charge in [0.25, 0.3) is 5.67 Å². The van der Waals surface area contributed by atoms with Crippen molar-refractivity contribution in [2.75, 3.05) is 0 Å². The van der Waals surface area contributed by atoms with Gasteiger partial charge in [-0.1, -0.05) is 42.4 Å². The summed E-state index contributed by atoms with van der Waals surface area (Å²) in [6.45, 7) is 1.57. The minimum absolute atomic E-state index is 0.169. The van der Waals surface area contributed by atoms with Crippen molar-refractivity contribution >= 4 is 22.6 Å². The monoisotopic (exact) mass is 480 g/mol. The zero-order valence-corrected chi connectivity index (χ0v) is 13.6. The van der Waals surface area contributed by atoms with E-state index >= 15 is 0 Å². The Morgan fingerprint density at radius 2 is 1.17 bits per heavy atom. The summed E-state index contributed by atoms with van der Waals surface area (Å²) in [5, 5.41) is 0. The molecule has 0 amide bonds. The Kier molecular flexibility index (Phi) is 7.05. The van der Waals surface area contributed by atoms with Gasteiger partial charge in [0.15, 0.2) is 0 Å². The molecule has 0 aromatic rings. The summed E-state index contributed by atoms with van der Waals surface area (Å²) in [5.74, 6) is -14.2. The van der Waals surface area contributed by atoms with Crippen molar-refractivity contribution in [2.45, 2.75) is 66.4 Å². The first-order chi connectivity index (χ1) is 9.95. The van der Waals surface area contributed by atoms with Gasteiger partial charge in [-0.3, -0.25) is 0 Å². The summed E-state index contributed by atoms with van der Waals surface area (Å²) in [6, 6.07) is 0. The number of hydrogen-bond donors (Lipinski definition) is 0. The van der Waals surface area contributed by atoms with E-state index in [0.717, 1.165) is 22.6 Å². The summed E-state index contributed by atoms with van der Waals surface area (Å²) in [6.07, 6.45) is -15.5. The average Bonchev–Trinajstić information content (AvgIpc) is 2.32. The van der Waals surface area contributed by atoms with Crippen LogP contribution in [0.3, 0.4) is 0 Å². The van der Waals surface area contributed by atoms with E-state index in [4.69, 9.17) is 0 Å². The van der Waals surface area contributed by atoms with E-state index in [-0.39, 0.29) is 12.8 Å². The Bertz CT molecular complexity index is 386. The number of unbranched alkanes of at least 4 members (excludes halogenated alkanes) is 1. The van der Waals surface area contributed by atoms with Crippen LogP contribution in [0, 0.1) is 0 Å². The van der Waals surface area contributed by atoms with Crippen molar-refractivity contribution in [3.8, 4) is 0 Å². The fourth-order valence-electron chi connectivity index (χ4n) is 1.68. The molecule has 0 radical (unpaired) electrons. The first kappa shape index (κ1) is 23.0. The molecule has 0 aliphatic rings. The highest BCUT2D eigenvalue weighted by Crippen LogP contribution is 2.59. The van der Waals surface area contributed by atoms with Crippen molar-refractivity contribution in [3.05, 3.63) is 0 Å². The third kappa shape index (κ3) is 4.33. The number of halogens is 12. The first-order valence-corrected chi connectivity index (χ1v) is 7.42. The maximum absolute atomic E-state index is 13.9. The third-order valence-electron chi connectivity index (χ3n) is 3.07. The van der Waals surface area contributed by atoms with Gasteiger partial charge >= 0.3 is 24.2 Å². The van der Waals surface area contributed by atoms with Crippen LogP contribution < -0.4 is 0 Å². The van der Waals surface area contributed by atoms with E-state index < -0.39 is 40.2 Å². The van der Waals surface area contributed by atoms with Gasteiger partial charge in [-0.15, -0.1) is 0 Å². The lowest BCUT2D eigenvalue weighted by Crippen LogP contribution is -2.67. The van der Waals surface area contributed by atoms with Gasteiger partial charge in [0.1, 0.15) is 0 Å². The van der Waals surface area contributed by atoms with Crippen LogP contribution in [0.25, 0.3) is 0 Å². The fraction of sp³-hybridized carbons (Fsp3) is 1.00. The van der Waals surface area contributed by atoms with E-state index in [1.54, 1.807) is 6.92 Å². The van der Waals surface area contributed by atoms with Gasteiger partial charge < -0.3 is 0 Å². The average molecular weight is 480 g/mol. The molecule has 0 N–H and O–H groups in total. The second-order valence-corrected chi connectivity index (χ2v) is 6.65. The molecule has 0 fully saturated rings. The third-order valence-corrected chi connectivity index (χ3v) is 4.13. The highest BCUT2D eigenvalue weighted by molar-refractivity contribution is 14.1. The molecule has 0 heterocycles. The van der Waals surface area contributed by atoms with Crippen molar-refractivity contribution in [1.82, 2.24) is 0 Å². The smallest absolute Gasteiger partial charge is 0.227 e. The summed E-state index contributed by atoms with van der Waals surface area (Å²) >= 11 is 1.12. The quantitative estimate of drug-likeness (QED) is 0.223. The summed E-state index contributed by atoms with van der Waals surface area (Å²) in [5.41, 5.74) is -6.02. The maximum atomic E-state index is 13.9. The molecule has 0 aromatic heterocycles. The highest BCUT2D eigenvalue weighted by Gasteiger charge is 2.86. The summed E-state index contributed by atoms with van der Waals surface area (Å²) in [7, 11) is 0. The van der Waals surface area contributed by atoms with Crippen LogP contribution in [0.15, 0.2) is 0 Å². The van der Waals surface area contributed by atoms with Crippen LogP contribution in [0.2, 0.25) is 0 Å². The van der Waals surface area contributed by atoms with E-state index in [2.05, 4.69) is 0 Å². The lowest BCUT2D eigenvalue weighted by atomic mass is 9.86. The normalized spacial score (nSPS) is 18.7. The molecule has 0 aliphatic carbocycles. The topological polar surface area (TPSA) is 0 Å². The van der Waals surface area contributed by atoms with Gasteiger partial charge in [0, 0.05) is 10.3 Å². The van der Waals surface area contributed by atoms with Crippen molar-refractivity contribution in [1.29, 1.82) is 0 Å². The fourth-order valence-corrected chi connectivity index (χ4v) is 2.73. The molecular weight excluding hydrogens is 468 g/mol. The van der Waals surface area contributed by atoms with Gasteiger partial charge in [-0.25, -0.2) is 4.39 Å². The van der Waals surface area contributed by atoms with E-state index in [1.807, 2.05) is 0 Å². The Balaban J connectivity index is 5.89. The highest BCUT2D eigenvalue weighted by atomic mass is 127. The lowest BCUT2D eigenvalue weighted by molar-refractivity contribution is -0.412. The number of alkyl halides is 12. The van der Waals surface area contributed by atoms with Crippen LogP contribution in [0.5, 0.6) is 0 Å². The van der Waals surface area contributed by atoms with Gasteiger partial charge in [0.2, 0.25) is 0 Å². The second kappa shape index (κ2) is 7.06. The molecule has 0 rings (SSSR count). The zero-order valence-electron chi connectivity index (χ0n) is 11.4. The Morgan fingerprint density at radius 3 is 1.48 bits per heavy atom. The van der Waals surface area contributed by atoms with Crippen molar-refractivity contribution in [3.63, 3.8) is 0 Å². The molecule has 2 atom stereocenters. The molecule has 23 heavy (non-hydrogen) atoms. The predicted octanol–water partition coefficient (Wildman–Crippen LogP) is 6.47. The standard InChI is InChI=1S/C11H12F11I/c1-2-3-4-6(23)5-7(12,10(17,18)19)8(13,14)9(15,16)11(20,21)22/h6H,2-5H2,1H3. The first-order valence-electron chi connectivity index (χ1n) is 6.17. The molecule has 0 saturated carbocycles. The molecule has 0 nitrogen and oxygen atoms in total. The van der Waals surface area contributed by atoms with Crippen LogP contribution in [-0.2, 0) is 0 Å². The summed E-state index contributed by atoms with van der Waals surface area (Å²) < 4.78 is 139. The van der Waals surface area contributed by atoms with E-state index in [1.165, 1.54) is 0 Å². The summed E-state index contributed by atoms with van der Waals surface area (Å²) in [4.78, 5) is 0. The maximum Gasteiger partial charge on any atom is 0.460 e. The van der Waals surface area contributed by atoms with Crippen molar-refractivity contribution < 1.29 is 48.3 Å².